The van der Waals surface area contributed by atoms with Crippen LogP contribution in [0.1, 0.15) is 5.56 Å². The number of nitrogens with one attached hydrogen (secondary N) is 1. The monoisotopic (exact) mass is 239 g/mol. The van der Waals surface area contributed by atoms with Crippen molar-refractivity contribution in [3.8, 4) is 0 Å². The van der Waals surface area contributed by atoms with E-state index in [4.69, 9.17) is 9.47 Å². The average Bonchev–Trinajstić information content (AvgIpc) is 2.34. The standard InChI is InChI=1S/C13H21NO3/c1-11-3-5-12(6-4-11)14-9-13(15)10-17-8-7-16-2/h3-6,13-15H,7-10H2,1-2H3. The summed E-state index contributed by atoms with van der Waals surface area (Å²) in [6.45, 7) is 3.91. The smallest absolute Gasteiger partial charge is 0.0945 e. The Kier molecular flexibility index (Phi) is 6.62. The predicted molar refractivity (Wildman–Crippen MR) is 68.4 cm³/mol. The maximum atomic E-state index is 9.64. The highest BCUT2D eigenvalue weighted by molar-refractivity contribution is 5.44. The lowest BCUT2D eigenvalue weighted by Crippen LogP contribution is -2.25. The van der Waals surface area contributed by atoms with Gasteiger partial charge in [0.25, 0.3) is 0 Å². The van der Waals surface area contributed by atoms with Crippen LogP contribution in [-0.2, 0) is 9.47 Å². The molecular formula is C13H21NO3. The maximum absolute atomic E-state index is 9.64. The molecule has 0 aliphatic rings. The van der Waals surface area contributed by atoms with Crippen LogP contribution in [-0.4, -0.2) is 44.7 Å². The van der Waals surface area contributed by atoms with Crippen LogP contribution in [0.25, 0.3) is 0 Å². The van der Waals surface area contributed by atoms with E-state index >= 15 is 0 Å². The van der Waals surface area contributed by atoms with Crippen molar-refractivity contribution < 1.29 is 14.6 Å². The number of methoxy groups -OCH3 is 1. The van der Waals surface area contributed by atoms with Crippen LogP contribution in [0, 0.1) is 6.92 Å². The summed E-state index contributed by atoms with van der Waals surface area (Å²) in [6, 6.07) is 8.05. The molecular weight excluding hydrogens is 218 g/mol. The Morgan fingerprint density at radius 3 is 2.59 bits per heavy atom. The lowest BCUT2D eigenvalue weighted by Gasteiger charge is -2.13. The van der Waals surface area contributed by atoms with E-state index in [0.29, 0.717) is 26.4 Å². The van der Waals surface area contributed by atoms with E-state index < -0.39 is 6.10 Å². The van der Waals surface area contributed by atoms with Gasteiger partial charge in [-0.3, -0.25) is 0 Å². The van der Waals surface area contributed by atoms with Gasteiger partial charge >= 0.3 is 0 Å². The molecule has 4 heteroatoms. The minimum atomic E-state index is -0.506. The number of anilines is 1. The molecule has 0 saturated heterocycles. The second-order valence-electron chi connectivity index (χ2n) is 3.97. The molecule has 0 heterocycles. The SMILES string of the molecule is COCCOCC(O)CNc1ccc(C)cc1. The van der Waals surface area contributed by atoms with Crippen LogP contribution in [0.3, 0.4) is 0 Å². The van der Waals surface area contributed by atoms with Gasteiger partial charge in [0.05, 0.1) is 25.9 Å². The number of hydrogen-bond acceptors (Lipinski definition) is 4. The average molecular weight is 239 g/mol. The van der Waals surface area contributed by atoms with Gasteiger partial charge in [-0.25, -0.2) is 0 Å². The first kappa shape index (κ1) is 14.0. The van der Waals surface area contributed by atoms with Gasteiger partial charge in [0.15, 0.2) is 0 Å². The highest BCUT2D eigenvalue weighted by atomic mass is 16.5. The van der Waals surface area contributed by atoms with Gasteiger partial charge in [-0.2, -0.15) is 0 Å². The van der Waals surface area contributed by atoms with Crippen molar-refractivity contribution in [2.45, 2.75) is 13.0 Å². The van der Waals surface area contributed by atoms with E-state index in [1.807, 2.05) is 31.2 Å². The molecule has 0 saturated carbocycles. The fraction of sp³-hybridized carbons (Fsp3) is 0.538. The van der Waals surface area contributed by atoms with E-state index in [1.165, 1.54) is 5.56 Å². The Bertz CT molecular complexity index is 300. The molecule has 0 amide bonds. The molecule has 1 rings (SSSR count). The summed E-state index contributed by atoms with van der Waals surface area (Å²) in [5, 5.41) is 12.8. The molecule has 0 radical (unpaired) electrons. The van der Waals surface area contributed by atoms with Crippen LogP contribution < -0.4 is 5.32 Å². The first-order valence-corrected chi connectivity index (χ1v) is 5.77. The molecule has 96 valence electrons. The van der Waals surface area contributed by atoms with Crippen LogP contribution >= 0.6 is 0 Å². The lowest BCUT2D eigenvalue weighted by molar-refractivity contribution is 0.0182. The Balaban J connectivity index is 2.14. The van der Waals surface area contributed by atoms with Crippen molar-refractivity contribution in [3.63, 3.8) is 0 Å². The zero-order chi connectivity index (χ0) is 12.5. The Morgan fingerprint density at radius 2 is 1.94 bits per heavy atom. The quantitative estimate of drug-likeness (QED) is 0.674. The summed E-state index contributed by atoms with van der Waals surface area (Å²) in [5.41, 5.74) is 2.23. The lowest BCUT2D eigenvalue weighted by atomic mass is 10.2. The fourth-order valence-electron chi connectivity index (χ4n) is 1.33. The molecule has 2 N–H and O–H groups in total. The molecule has 0 bridgehead atoms. The van der Waals surface area contributed by atoms with Crippen molar-refractivity contribution in [1.29, 1.82) is 0 Å². The van der Waals surface area contributed by atoms with Crippen molar-refractivity contribution in [3.05, 3.63) is 29.8 Å². The second-order valence-corrected chi connectivity index (χ2v) is 3.97. The molecule has 0 aliphatic carbocycles. The molecule has 17 heavy (non-hydrogen) atoms. The molecule has 1 aromatic rings. The van der Waals surface area contributed by atoms with E-state index in [9.17, 15) is 5.11 Å². The van der Waals surface area contributed by atoms with Crippen molar-refractivity contribution >= 4 is 5.69 Å². The first-order valence-electron chi connectivity index (χ1n) is 5.77. The van der Waals surface area contributed by atoms with Crippen LogP contribution in [0.15, 0.2) is 24.3 Å². The summed E-state index contributed by atoms with van der Waals surface area (Å²) in [6.07, 6.45) is -0.506. The molecule has 4 nitrogen and oxygen atoms in total. The molecule has 0 aromatic heterocycles. The largest absolute Gasteiger partial charge is 0.389 e. The minimum absolute atomic E-state index is 0.322. The van der Waals surface area contributed by atoms with E-state index in [-0.39, 0.29) is 0 Å². The van der Waals surface area contributed by atoms with Crippen LogP contribution in [0.2, 0.25) is 0 Å². The summed E-state index contributed by atoms with van der Waals surface area (Å²) in [4.78, 5) is 0. The van der Waals surface area contributed by atoms with Crippen molar-refractivity contribution in [2.24, 2.45) is 0 Å². The molecule has 0 aliphatic heterocycles. The summed E-state index contributed by atoms with van der Waals surface area (Å²) in [7, 11) is 1.62. The highest BCUT2D eigenvalue weighted by Gasteiger charge is 2.03. The molecule has 1 aromatic carbocycles. The predicted octanol–water partition coefficient (Wildman–Crippen LogP) is 1.43. The third-order valence-electron chi connectivity index (χ3n) is 2.34. The van der Waals surface area contributed by atoms with Gasteiger partial charge in [0.1, 0.15) is 0 Å². The third-order valence-corrected chi connectivity index (χ3v) is 2.34. The number of aliphatic hydroxyl groups is 1. The Morgan fingerprint density at radius 1 is 1.24 bits per heavy atom. The number of benzene rings is 1. The van der Waals surface area contributed by atoms with Gasteiger partial charge < -0.3 is 19.9 Å². The topological polar surface area (TPSA) is 50.7 Å². The highest BCUT2D eigenvalue weighted by Crippen LogP contribution is 2.08. The van der Waals surface area contributed by atoms with E-state index in [1.54, 1.807) is 7.11 Å². The third kappa shape index (κ3) is 6.26. The van der Waals surface area contributed by atoms with Gasteiger partial charge in [-0.05, 0) is 19.1 Å². The van der Waals surface area contributed by atoms with E-state index in [0.717, 1.165) is 5.69 Å². The molecule has 0 spiro atoms. The second kappa shape index (κ2) is 8.06. The van der Waals surface area contributed by atoms with Gasteiger partial charge in [0, 0.05) is 19.3 Å². The van der Waals surface area contributed by atoms with Crippen molar-refractivity contribution in [2.75, 3.05) is 38.8 Å². The minimum Gasteiger partial charge on any atom is -0.389 e. The Labute approximate surface area is 103 Å². The number of hydrogen-bond donors (Lipinski definition) is 2. The Hall–Kier alpha value is -1.10. The van der Waals surface area contributed by atoms with Gasteiger partial charge in [0.2, 0.25) is 0 Å². The zero-order valence-electron chi connectivity index (χ0n) is 10.5. The maximum Gasteiger partial charge on any atom is 0.0945 e. The number of ether oxygens (including phenoxy) is 2. The van der Waals surface area contributed by atoms with Crippen LogP contribution in [0.4, 0.5) is 5.69 Å². The summed E-state index contributed by atoms with van der Waals surface area (Å²) < 4.78 is 10.1. The van der Waals surface area contributed by atoms with Gasteiger partial charge in [-0.1, -0.05) is 17.7 Å². The van der Waals surface area contributed by atoms with Gasteiger partial charge in [-0.15, -0.1) is 0 Å². The first-order chi connectivity index (χ1) is 8.22. The normalized spacial score (nSPS) is 12.4. The fourth-order valence-corrected chi connectivity index (χ4v) is 1.33. The number of rotatable bonds is 8. The van der Waals surface area contributed by atoms with E-state index in [2.05, 4.69) is 5.32 Å². The van der Waals surface area contributed by atoms with Crippen molar-refractivity contribution in [1.82, 2.24) is 0 Å². The number of aliphatic hydroxyl groups excluding tert-OH is 1. The zero-order valence-corrected chi connectivity index (χ0v) is 10.5. The summed E-state index contributed by atoms with van der Waals surface area (Å²) in [5.74, 6) is 0. The molecule has 1 atom stereocenters. The molecule has 0 fully saturated rings. The molecule has 1 unspecified atom stereocenters. The van der Waals surface area contributed by atoms with Crippen LogP contribution in [0.5, 0.6) is 0 Å². The summed E-state index contributed by atoms with van der Waals surface area (Å²) >= 11 is 0. The number of aryl methyl sites for hydroxylation is 1.